The van der Waals surface area contributed by atoms with Gasteiger partial charge in [0.1, 0.15) is 0 Å². The summed E-state index contributed by atoms with van der Waals surface area (Å²) in [7, 11) is 0. The zero-order chi connectivity index (χ0) is 19.1. The van der Waals surface area contributed by atoms with Crippen LogP contribution >= 0.6 is 0 Å². The van der Waals surface area contributed by atoms with Crippen molar-refractivity contribution in [1.82, 2.24) is 20.6 Å². The number of rotatable bonds is 8. The number of hydrogen-bond acceptors (Lipinski definition) is 4. The van der Waals surface area contributed by atoms with Crippen LogP contribution in [0.5, 0.6) is 0 Å². The molecule has 0 aliphatic carbocycles. The molecule has 0 aliphatic heterocycles. The Hall–Kier alpha value is -3.19. The number of anilines is 1. The van der Waals surface area contributed by atoms with E-state index in [0.29, 0.717) is 23.4 Å². The number of benzene rings is 2. The summed E-state index contributed by atoms with van der Waals surface area (Å²) < 4.78 is 0. The van der Waals surface area contributed by atoms with E-state index in [0.717, 1.165) is 30.5 Å². The van der Waals surface area contributed by atoms with Crippen molar-refractivity contribution in [3.8, 4) is 0 Å². The van der Waals surface area contributed by atoms with Gasteiger partial charge in [0, 0.05) is 29.9 Å². The van der Waals surface area contributed by atoms with Crippen molar-refractivity contribution >= 4 is 28.5 Å². The van der Waals surface area contributed by atoms with Crippen LogP contribution in [0.25, 0.3) is 11.0 Å². The Labute approximate surface area is 157 Å². The molecule has 0 aliphatic rings. The summed E-state index contributed by atoms with van der Waals surface area (Å²) in [6, 6.07) is 12.2. The molecular formula is C20H23N5O2. The van der Waals surface area contributed by atoms with Gasteiger partial charge in [-0.2, -0.15) is 0 Å². The van der Waals surface area contributed by atoms with Crippen molar-refractivity contribution in [1.29, 1.82) is 0 Å². The van der Waals surface area contributed by atoms with E-state index in [-0.39, 0.29) is 11.8 Å². The third-order valence-corrected chi connectivity index (χ3v) is 4.08. The van der Waals surface area contributed by atoms with Gasteiger partial charge in [-0.1, -0.05) is 13.0 Å². The molecule has 0 unspecified atom stereocenters. The Bertz CT molecular complexity index is 935. The van der Waals surface area contributed by atoms with Crippen molar-refractivity contribution in [2.24, 2.45) is 0 Å². The monoisotopic (exact) mass is 365 g/mol. The highest BCUT2D eigenvalue weighted by Gasteiger charge is 2.10. The molecule has 0 radical (unpaired) electrons. The molecule has 7 heteroatoms. The predicted octanol–water partition coefficient (Wildman–Crippen LogP) is 2.54. The molecule has 7 nitrogen and oxygen atoms in total. The van der Waals surface area contributed by atoms with Gasteiger partial charge in [-0.25, -0.2) is 4.98 Å². The fourth-order valence-electron chi connectivity index (χ4n) is 2.69. The smallest absolute Gasteiger partial charge is 0.255 e. The zero-order valence-corrected chi connectivity index (χ0v) is 15.2. The summed E-state index contributed by atoms with van der Waals surface area (Å²) in [5, 5.41) is 8.92. The van der Waals surface area contributed by atoms with Crippen LogP contribution in [0, 0.1) is 0 Å². The lowest BCUT2D eigenvalue weighted by Crippen LogP contribution is -2.32. The van der Waals surface area contributed by atoms with Crippen LogP contribution in [0.2, 0.25) is 0 Å². The summed E-state index contributed by atoms with van der Waals surface area (Å²) in [5.74, 6) is -0.406. The van der Waals surface area contributed by atoms with Gasteiger partial charge in [-0.3, -0.25) is 9.59 Å². The second-order valence-electron chi connectivity index (χ2n) is 6.18. The fraction of sp³-hybridized carbons (Fsp3) is 0.250. The van der Waals surface area contributed by atoms with Gasteiger partial charge in [-0.05, 0) is 49.4 Å². The molecule has 0 saturated heterocycles. The first-order valence-corrected chi connectivity index (χ1v) is 9.01. The van der Waals surface area contributed by atoms with Crippen molar-refractivity contribution in [2.75, 3.05) is 25.0 Å². The van der Waals surface area contributed by atoms with Gasteiger partial charge in [-0.15, -0.1) is 0 Å². The molecule has 0 saturated carbocycles. The van der Waals surface area contributed by atoms with E-state index in [2.05, 4.69) is 32.8 Å². The lowest BCUT2D eigenvalue weighted by Gasteiger charge is -2.09. The van der Waals surface area contributed by atoms with E-state index in [1.54, 1.807) is 48.8 Å². The lowest BCUT2D eigenvalue weighted by atomic mass is 10.1. The van der Waals surface area contributed by atoms with Crippen molar-refractivity contribution in [3.63, 3.8) is 0 Å². The minimum atomic E-state index is -0.243. The molecule has 4 N–H and O–H groups in total. The zero-order valence-electron chi connectivity index (χ0n) is 15.2. The molecule has 2 aromatic carbocycles. The molecule has 0 bridgehead atoms. The number of fused-ring (bicyclic) bond motifs is 1. The maximum Gasteiger partial charge on any atom is 0.255 e. The van der Waals surface area contributed by atoms with Crippen LogP contribution in [0.4, 0.5) is 5.69 Å². The Morgan fingerprint density at radius 1 is 1.00 bits per heavy atom. The molecule has 3 rings (SSSR count). The fourth-order valence-corrected chi connectivity index (χ4v) is 2.69. The van der Waals surface area contributed by atoms with Crippen LogP contribution in [0.1, 0.15) is 34.1 Å². The highest BCUT2D eigenvalue weighted by molar-refractivity contribution is 6.06. The second kappa shape index (κ2) is 8.95. The lowest BCUT2D eigenvalue weighted by molar-refractivity contribution is 0.0952. The standard InChI is InChI=1S/C20H23N5O2/c1-2-8-21-9-10-22-19(26)14-4-3-5-16(11-14)25-20(27)15-6-7-17-18(12-15)24-13-23-17/h3-7,11-13,21H,2,8-10H2,1H3,(H,22,26)(H,23,24)(H,25,27). The van der Waals surface area contributed by atoms with E-state index in [1.807, 2.05) is 0 Å². The topological polar surface area (TPSA) is 98.9 Å². The van der Waals surface area contributed by atoms with Crippen LogP contribution in [0.15, 0.2) is 48.8 Å². The molecule has 2 amide bonds. The number of carbonyl (C=O) groups is 2. The first-order chi connectivity index (χ1) is 13.2. The van der Waals surface area contributed by atoms with Crippen LogP contribution in [0.3, 0.4) is 0 Å². The summed E-state index contributed by atoms with van der Waals surface area (Å²) in [6.45, 7) is 4.31. The highest BCUT2D eigenvalue weighted by atomic mass is 16.2. The molecule has 0 atom stereocenters. The van der Waals surface area contributed by atoms with Gasteiger partial charge in [0.15, 0.2) is 0 Å². The number of aromatic nitrogens is 2. The highest BCUT2D eigenvalue weighted by Crippen LogP contribution is 2.15. The van der Waals surface area contributed by atoms with E-state index in [1.165, 1.54) is 0 Å². The van der Waals surface area contributed by atoms with Crippen molar-refractivity contribution in [3.05, 3.63) is 59.9 Å². The summed E-state index contributed by atoms with van der Waals surface area (Å²) >= 11 is 0. The maximum atomic E-state index is 12.5. The minimum absolute atomic E-state index is 0.164. The molecular weight excluding hydrogens is 342 g/mol. The van der Waals surface area contributed by atoms with E-state index >= 15 is 0 Å². The number of nitrogens with zero attached hydrogens (tertiary/aromatic N) is 1. The van der Waals surface area contributed by atoms with Gasteiger partial charge in [0.25, 0.3) is 11.8 Å². The molecule has 1 heterocycles. The molecule has 27 heavy (non-hydrogen) atoms. The van der Waals surface area contributed by atoms with Crippen molar-refractivity contribution < 1.29 is 9.59 Å². The SMILES string of the molecule is CCCNCCNC(=O)c1cccc(NC(=O)c2ccc3nc[nH]c3c2)c1. The number of hydrogen-bond donors (Lipinski definition) is 4. The first kappa shape index (κ1) is 18.6. The molecule has 3 aromatic rings. The quantitative estimate of drug-likeness (QED) is 0.461. The first-order valence-electron chi connectivity index (χ1n) is 9.01. The maximum absolute atomic E-state index is 12.5. The number of carbonyl (C=O) groups excluding carboxylic acids is 2. The number of nitrogens with one attached hydrogen (secondary N) is 4. The largest absolute Gasteiger partial charge is 0.351 e. The van der Waals surface area contributed by atoms with Gasteiger partial charge in [0.05, 0.1) is 17.4 Å². The summed E-state index contributed by atoms with van der Waals surface area (Å²) in [5.41, 5.74) is 3.20. The Kier molecular flexibility index (Phi) is 6.17. The van der Waals surface area contributed by atoms with Crippen LogP contribution in [-0.4, -0.2) is 41.4 Å². The Morgan fingerprint density at radius 3 is 2.70 bits per heavy atom. The molecule has 0 fully saturated rings. The van der Waals surface area contributed by atoms with E-state index in [4.69, 9.17) is 0 Å². The summed E-state index contributed by atoms with van der Waals surface area (Å²) in [4.78, 5) is 31.8. The van der Waals surface area contributed by atoms with Gasteiger partial charge < -0.3 is 20.9 Å². The van der Waals surface area contributed by atoms with Crippen molar-refractivity contribution in [2.45, 2.75) is 13.3 Å². The minimum Gasteiger partial charge on any atom is -0.351 e. The second-order valence-corrected chi connectivity index (χ2v) is 6.18. The number of aromatic amines is 1. The average Bonchev–Trinajstić information content (AvgIpc) is 3.15. The number of imidazole rings is 1. The predicted molar refractivity (Wildman–Crippen MR) is 106 cm³/mol. The number of amides is 2. The Morgan fingerprint density at radius 2 is 1.85 bits per heavy atom. The van der Waals surface area contributed by atoms with Crippen LogP contribution < -0.4 is 16.0 Å². The molecule has 0 spiro atoms. The Balaban J connectivity index is 1.61. The van der Waals surface area contributed by atoms with E-state index in [9.17, 15) is 9.59 Å². The third kappa shape index (κ3) is 4.92. The summed E-state index contributed by atoms with van der Waals surface area (Å²) in [6.07, 6.45) is 2.65. The normalized spacial score (nSPS) is 10.7. The number of H-pyrrole nitrogens is 1. The van der Waals surface area contributed by atoms with E-state index < -0.39 is 0 Å². The van der Waals surface area contributed by atoms with Gasteiger partial charge in [0.2, 0.25) is 0 Å². The van der Waals surface area contributed by atoms with Gasteiger partial charge >= 0.3 is 0 Å². The molecule has 140 valence electrons. The van der Waals surface area contributed by atoms with Crippen LogP contribution in [-0.2, 0) is 0 Å². The molecule has 1 aromatic heterocycles. The average molecular weight is 365 g/mol. The third-order valence-electron chi connectivity index (χ3n) is 4.08.